The van der Waals surface area contributed by atoms with Crippen LogP contribution in [0.5, 0.6) is 0 Å². The molecule has 1 amide bonds. The summed E-state index contributed by atoms with van der Waals surface area (Å²) in [5, 5.41) is 17.0. The largest absolute Gasteiger partial charge is 0.390 e. The zero-order chi connectivity index (χ0) is 24.4. The first kappa shape index (κ1) is 24.0. The lowest BCUT2D eigenvalue weighted by Crippen LogP contribution is -2.48. The minimum Gasteiger partial charge on any atom is -0.390 e. The Morgan fingerprint density at radius 3 is 2.32 bits per heavy atom. The second-order valence-electron chi connectivity index (χ2n) is 8.70. The molecule has 1 aliphatic carbocycles. The summed E-state index contributed by atoms with van der Waals surface area (Å²) in [7, 11) is 0. The van der Waals surface area contributed by atoms with Crippen molar-refractivity contribution < 1.29 is 23.1 Å². The summed E-state index contributed by atoms with van der Waals surface area (Å²) in [5.74, 6) is -2.12. The van der Waals surface area contributed by atoms with E-state index in [2.05, 4.69) is 23.6 Å². The number of halogens is 3. The molecule has 4 rings (SSSR count). The van der Waals surface area contributed by atoms with E-state index < -0.39 is 23.8 Å². The maximum Gasteiger partial charge on any atom is 0.217 e. The summed E-state index contributed by atoms with van der Waals surface area (Å²) < 4.78 is 41.3. The van der Waals surface area contributed by atoms with Crippen LogP contribution in [0.4, 0.5) is 13.2 Å². The average Bonchev–Trinajstić information content (AvgIpc) is 3.08. The molecule has 34 heavy (non-hydrogen) atoms. The molecule has 1 aliphatic rings. The monoisotopic (exact) mass is 468 g/mol. The summed E-state index contributed by atoms with van der Waals surface area (Å²) >= 11 is 0. The number of hydrogen-bond acceptors (Lipinski definition) is 3. The molecule has 3 aromatic carbocycles. The Kier molecular flexibility index (Phi) is 7.05. The van der Waals surface area contributed by atoms with E-state index in [-0.39, 0.29) is 30.7 Å². The van der Waals surface area contributed by atoms with Crippen LogP contribution in [0, 0.1) is 17.5 Å². The minimum absolute atomic E-state index is 0.0557. The molecule has 3 aromatic rings. The Balaban J connectivity index is 1.56. The van der Waals surface area contributed by atoms with Gasteiger partial charge in [-0.05, 0) is 70.5 Å². The average molecular weight is 469 g/mol. The summed E-state index contributed by atoms with van der Waals surface area (Å²) in [6, 6.07) is 12.9. The molecule has 3 N–H and O–H groups in total. The molecular formula is C27H27F3N2O2. The Morgan fingerprint density at radius 2 is 1.65 bits per heavy atom. The van der Waals surface area contributed by atoms with Crippen molar-refractivity contribution in [2.75, 3.05) is 6.54 Å². The van der Waals surface area contributed by atoms with Gasteiger partial charge >= 0.3 is 0 Å². The van der Waals surface area contributed by atoms with Crippen molar-refractivity contribution in [1.82, 2.24) is 10.6 Å². The molecule has 0 saturated heterocycles. The minimum atomic E-state index is -1.04. The van der Waals surface area contributed by atoms with Gasteiger partial charge in [-0.1, -0.05) is 31.2 Å². The van der Waals surface area contributed by atoms with Gasteiger partial charge in [0.05, 0.1) is 18.2 Å². The second-order valence-corrected chi connectivity index (χ2v) is 8.70. The first-order chi connectivity index (χ1) is 16.2. The number of carbonyl (C=O) groups excluding carboxylic acids is 1. The molecule has 0 aromatic heterocycles. The van der Waals surface area contributed by atoms with Gasteiger partial charge in [0.15, 0.2) is 0 Å². The lowest BCUT2D eigenvalue weighted by molar-refractivity contribution is -0.120. The van der Waals surface area contributed by atoms with Gasteiger partial charge in [0, 0.05) is 19.5 Å². The number of aryl methyl sites for hydroxylation is 1. The van der Waals surface area contributed by atoms with E-state index in [9.17, 15) is 23.1 Å². The third-order valence-corrected chi connectivity index (χ3v) is 6.21. The summed E-state index contributed by atoms with van der Waals surface area (Å²) in [6.07, 6.45) is -0.139. The van der Waals surface area contributed by atoms with Gasteiger partial charge in [-0.15, -0.1) is 0 Å². The lowest BCUT2D eigenvalue weighted by atomic mass is 9.99. The maximum atomic E-state index is 14.0. The number of benzene rings is 3. The molecular weight excluding hydrogens is 441 g/mol. The lowest BCUT2D eigenvalue weighted by Gasteiger charge is -2.26. The van der Waals surface area contributed by atoms with Crippen LogP contribution in [-0.2, 0) is 17.6 Å². The highest BCUT2D eigenvalue weighted by Crippen LogP contribution is 2.44. The molecule has 3 atom stereocenters. The van der Waals surface area contributed by atoms with Gasteiger partial charge < -0.3 is 15.7 Å². The van der Waals surface area contributed by atoms with E-state index in [4.69, 9.17) is 0 Å². The van der Waals surface area contributed by atoms with Crippen molar-refractivity contribution in [1.29, 1.82) is 0 Å². The Morgan fingerprint density at radius 1 is 0.912 bits per heavy atom. The molecule has 0 spiro atoms. The van der Waals surface area contributed by atoms with Gasteiger partial charge in [-0.3, -0.25) is 4.79 Å². The van der Waals surface area contributed by atoms with Crippen molar-refractivity contribution in [3.8, 4) is 11.1 Å². The highest BCUT2D eigenvalue weighted by molar-refractivity contribution is 5.79. The van der Waals surface area contributed by atoms with Gasteiger partial charge in [0.1, 0.15) is 17.5 Å². The fraction of sp³-hybridized carbons (Fsp3) is 0.296. The van der Waals surface area contributed by atoms with E-state index in [1.165, 1.54) is 31.2 Å². The van der Waals surface area contributed by atoms with Gasteiger partial charge in [-0.2, -0.15) is 0 Å². The zero-order valence-corrected chi connectivity index (χ0v) is 19.0. The molecule has 0 fully saturated rings. The van der Waals surface area contributed by atoms with Crippen molar-refractivity contribution in [2.45, 2.75) is 44.9 Å². The van der Waals surface area contributed by atoms with Crippen molar-refractivity contribution in [2.24, 2.45) is 0 Å². The third-order valence-electron chi connectivity index (χ3n) is 6.21. The van der Waals surface area contributed by atoms with Crippen LogP contribution in [-0.4, -0.2) is 29.7 Å². The predicted molar refractivity (Wildman–Crippen MR) is 125 cm³/mol. The normalized spacial score (nSPS) is 16.0. The molecule has 0 heterocycles. The Labute approximate surface area is 196 Å². The van der Waals surface area contributed by atoms with E-state index >= 15 is 0 Å². The van der Waals surface area contributed by atoms with Crippen LogP contribution in [0.25, 0.3) is 11.1 Å². The number of amides is 1. The smallest absolute Gasteiger partial charge is 0.217 e. The van der Waals surface area contributed by atoms with Crippen LogP contribution in [0.15, 0.2) is 54.6 Å². The molecule has 0 radical (unpaired) electrons. The molecule has 1 unspecified atom stereocenters. The number of fused-ring (bicyclic) bond motifs is 3. The first-order valence-corrected chi connectivity index (χ1v) is 11.3. The summed E-state index contributed by atoms with van der Waals surface area (Å²) in [4.78, 5) is 11.7. The molecule has 4 nitrogen and oxygen atoms in total. The van der Waals surface area contributed by atoms with E-state index in [0.717, 1.165) is 40.3 Å². The number of carbonyl (C=O) groups is 1. The van der Waals surface area contributed by atoms with Crippen LogP contribution in [0.1, 0.15) is 42.1 Å². The number of hydrogen-bond donors (Lipinski definition) is 3. The Bertz CT molecular complexity index is 1190. The van der Waals surface area contributed by atoms with Crippen molar-refractivity contribution in [3.63, 3.8) is 0 Å². The second kappa shape index (κ2) is 9.99. The van der Waals surface area contributed by atoms with Gasteiger partial charge in [-0.25, -0.2) is 13.2 Å². The van der Waals surface area contributed by atoms with Crippen LogP contribution >= 0.6 is 0 Å². The quantitative estimate of drug-likeness (QED) is 0.458. The molecule has 0 aliphatic heterocycles. The fourth-order valence-corrected chi connectivity index (χ4v) is 4.63. The fourth-order valence-electron chi connectivity index (χ4n) is 4.63. The van der Waals surface area contributed by atoms with E-state index in [1.54, 1.807) is 6.07 Å². The standard InChI is InChI=1S/C27H27F3N2O2/c1-3-16-4-6-21-23-13-18(28)5-7-22(23)27(24(21)10-16)31-14-26(34)25(32-15(2)33)11-17-8-19(29)12-20(30)9-17/h4-10,12-13,25-27,31,34H,3,11,14H2,1-2H3,(H,32,33)/t25-,26-,27?/m0/s1. The number of rotatable bonds is 8. The molecule has 178 valence electrons. The van der Waals surface area contributed by atoms with Gasteiger partial charge in [0.2, 0.25) is 5.91 Å². The highest BCUT2D eigenvalue weighted by Gasteiger charge is 2.30. The number of aliphatic hydroxyl groups is 1. The highest BCUT2D eigenvalue weighted by atomic mass is 19.1. The first-order valence-electron chi connectivity index (χ1n) is 11.3. The number of aliphatic hydroxyl groups excluding tert-OH is 1. The van der Waals surface area contributed by atoms with E-state index in [1.807, 2.05) is 12.1 Å². The Hall–Kier alpha value is -3.16. The predicted octanol–water partition coefficient (Wildman–Crippen LogP) is 4.43. The zero-order valence-electron chi connectivity index (χ0n) is 19.0. The third kappa shape index (κ3) is 5.16. The summed E-state index contributed by atoms with van der Waals surface area (Å²) in [6.45, 7) is 3.48. The van der Waals surface area contributed by atoms with Crippen LogP contribution in [0.3, 0.4) is 0 Å². The molecule has 0 bridgehead atoms. The molecule has 7 heteroatoms. The SMILES string of the molecule is CCc1ccc2c(c1)C(NC[C@H](O)[C@H](Cc1cc(F)cc(F)c1)NC(C)=O)c1ccc(F)cc1-2. The van der Waals surface area contributed by atoms with Crippen LogP contribution < -0.4 is 10.6 Å². The summed E-state index contributed by atoms with van der Waals surface area (Å²) in [5.41, 5.74) is 5.11. The van der Waals surface area contributed by atoms with Gasteiger partial charge in [0.25, 0.3) is 0 Å². The molecule has 0 saturated carbocycles. The van der Waals surface area contributed by atoms with Crippen LogP contribution in [0.2, 0.25) is 0 Å². The number of nitrogens with one attached hydrogen (secondary N) is 2. The van der Waals surface area contributed by atoms with Crippen molar-refractivity contribution in [3.05, 3.63) is 94.3 Å². The van der Waals surface area contributed by atoms with Crippen molar-refractivity contribution >= 4 is 5.91 Å². The topological polar surface area (TPSA) is 61.4 Å². The van der Waals surface area contributed by atoms with E-state index in [0.29, 0.717) is 5.56 Å². The maximum absolute atomic E-state index is 14.0.